The van der Waals surface area contributed by atoms with Gasteiger partial charge in [0.2, 0.25) is 5.88 Å². The summed E-state index contributed by atoms with van der Waals surface area (Å²) in [7, 11) is 4.80. The Hall–Kier alpha value is -1.60. The molecule has 1 aromatic carbocycles. The molecule has 0 saturated carbocycles. The average molecular weight is 342 g/mol. The number of hydrogen-bond donors (Lipinski definition) is 0. The molecule has 0 aliphatic carbocycles. The molecule has 1 amide bonds. The van der Waals surface area contributed by atoms with Crippen molar-refractivity contribution in [2.24, 2.45) is 7.05 Å². The molecule has 0 fully saturated rings. The molecule has 0 N–H and O–H groups in total. The third kappa shape index (κ3) is 2.78. The molecule has 1 heterocycles. The van der Waals surface area contributed by atoms with Gasteiger partial charge in [-0.25, -0.2) is 5.06 Å². The van der Waals surface area contributed by atoms with Gasteiger partial charge in [-0.1, -0.05) is 15.9 Å². The van der Waals surface area contributed by atoms with Gasteiger partial charge in [-0.05, 0) is 25.1 Å². The zero-order valence-electron chi connectivity index (χ0n) is 11.8. The van der Waals surface area contributed by atoms with Crippen LogP contribution in [-0.2, 0) is 16.7 Å². The number of aromatic nitrogens is 2. The Morgan fingerprint density at radius 3 is 2.85 bits per heavy atom. The van der Waals surface area contributed by atoms with Crippen molar-refractivity contribution in [3.8, 4) is 5.88 Å². The zero-order chi connectivity index (χ0) is 14.9. The maximum absolute atomic E-state index is 11.9. The van der Waals surface area contributed by atoms with Gasteiger partial charge in [0.15, 0.2) is 6.10 Å². The van der Waals surface area contributed by atoms with Gasteiger partial charge in [0, 0.05) is 18.6 Å². The summed E-state index contributed by atoms with van der Waals surface area (Å²) >= 11 is 3.42. The number of benzene rings is 1. The first-order valence-electron chi connectivity index (χ1n) is 6.04. The number of carbonyl (C=O) groups is 1. The first-order valence-corrected chi connectivity index (χ1v) is 6.84. The van der Waals surface area contributed by atoms with Crippen molar-refractivity contribution in [2.75, 3.05) is 14.2 Å². The van der Waals surface area contributed by atoms with Crippen LogP contribution < -0.4 is 4.74 Å². The summed E-state index contributed by atoms with van der Waals surface area (Å²) < 4.78 is 8.31. The minimum Gasteiger partial charge on any atom is -0.463 e. The molecule has 0 spiro atoms. The predicted octanol–water partition coefficient (Wildman–Crippen LogP) is 2.12. The molecule has 0 radical (unpaired) electrons. The largest absolute Gasteiger partial charge is 0.463 e. The highest BCUT2D eigenvalue weighted by Gasteiger charge is 2.22. The van der Waals surface area contributed by atoms with Gasteiger partial charge in [-0.2, -0.15) is 0 Å². The van der Waals surface area contributed by atoms with E-state index >= 15 is 0 Å². The molecule has 0 saturated heterocycles. The topological polar surface area (TPSA) is 56.6 Å². The van der Waals surface area contributed by atoms with E-state index in [0.717, 1.165) is 20.4 Å². The second kappa shape index (κ2) is 5.80. The van der Waals surface area contributed by atoms with Crippen LogP contribution in [0.1, 0.15) is 6.92 Å². The third-order valence-corrected chi connectivity index (χ3v) is 3.49. The van der Waals surface area contributed by atoms with Crippen LogP contribution >= 0.6 is 15.9 Å². The molecule has 6 nitrogen and oxygen atoms in total. The molecule has 20 heavy (non-hydrogen) atoms. The smallest absolute Gasteiger partial charge is 0.286 e. The van der Waals surface area contributed by atoms with Crippen molar-refractivity contribution in [3.63, 3.8) is 0 Å². The Morgan fingerprint density at radius 2 is 2.20 bits per heavy atom. The van der Waals surface area contributed by atoms with Crippen LogP contribution in [0.5, 0.6) is 5.88 Å². The number of carbonyl (C=O) groups excluding carboxylic acids is 1. The number of hydrogen-bond acceptors (Lipinski definition) is 4. The summed E-state index contributed by atoms with van der Waals surface area (Å²) in [5, 5.41) is 6.28. The summed E-state index contributed by atoms with van der Waals surface area (Å²) in [4.78, 5) is 16.8. The lowest BCUT2D eigenvalue weighted by Crippen LogP contribution is -2.37. The zero-order valence-corrected chi connectivity index (χ0v) is 13.3. The van der Waals surface area contributed by atoms with Crippen LogP contribution in [0.4, 0.5) is 0 Å². The van der Waals surface area contributed by atoms with Gasteiger partial charge >= 0.3 is 0 Å². The minimum atomic E-state index is -0.683. The van der Waals surface area contributed by atoms with E-state index in [1.165, 1.54) is 14.2 Å². The molecule has 1 atom stereocenters. The lowest BCUT2D eigenvalue weighted by molar-refractivity contribution is -0.175. The quantitative estimate of drug-likeness (QED) is 0.799. The van der Waals surface area contributed by atoms with Crippen molar-refractivity contribution < 1.29 is 14.4 Å². The minimum absolute atomic E-state index is 0.277. The maximum Gasteiger partial charge on any atom is 0.286 e. The Kier molecular flexibility index (Phi) is 4.29. The summed E-state index contributed by atoms with van der Waals surface area (Å²) in [5.41, 5.74) is 0.933. The van der Waals surface area contributed by atoms with Crippen LogP contribution in [0.25, 0.3) is 10.9 Å². The second-order valence-electron chi connectivity index (χ2n) is 4.37. The number of likely N-dealkylation sites (N-methyl/N-ethyl adjacent to an activating group) is 1. The molecular weight excluding hydrogens is 326 g/mol. The van der Waals surface area contributed by atoms with Crippen LogP contribution in [0.2, 0.25) is 0 Å². The van der Waals surface area contributed by atoms with Crippen LogP contribution in [0.15, 0.2) is 22.7 Å². The van der Waals surface area contributed by atoms with Gasteiger partial charge in [-0.15, -0.1) is 5.10 Å². The number of nitrogens with zero attached hydrogens (tertiary/aromatic N) is 3. The molecule has 2 aromatic rings. The summed E-state index contributed by atoms with van der Waals surface area (Å²) in [6, 6.07) is 5.78. The summed E-state index contributed by atoms with van der Waals surface area (Å²) in [6.07, 6.45) is -0.683. The van der Waals surface area contributed by atoms with Crippen molar-refractivity contribution >= 4 is 32.7 Å². The van der Waals surface area contributed by atoms with E-state index in [1.807, 2.05) is 25.2 Å². The first kappa shape index (κ1) is 14.8. The van der Waals surface area contributed by atoms with E-state index in [9.17, 15) is 4.79 Å². The van der Waals surface area contributed by atoms with Crippen LogP contribution in [0, 0.1) is 0 Å². The molecule has 1 unspecified atom stereocenters. The monoisotopic (exact) mass is 341 g/mol. The molecule has 0 aliphatic heterocycles. The lowest BCUT2D eigenvalue weighted by Gasteiger charge is -2.18. The Balaban J connectivity index is 2.30. The standard InChI is InChI=1S/C13H16BrN3O3/c1-8(13(18)17(3)19-4)20-12-10-7-9(14)5-6-11(10)16(2)15-12/h5-8H,1-4H3. The fourth-order valence-electron chi connectivity index (χ4n) is 1.86. The SMILES string of the molecule is CON(C)C(=O)C(C)Oc1nn(C)c2ccc(Br)cc12. The van der Waals surface area contributed by atoms with Gasteiger partial charge in [0.25, 0.3) is 5.91 Å². The van der Waals surface area contributed by atoms with Crippen molar-refractivity contribution in [3.05, 3.63) is 22.7 Å². The average Bonchev–Trinajstić information content (AvgIpc) is 2.73. The number of amides is 1. The predicted molar refractivity (Wildman–Crippen MR) is 78.3 cm³/mol. The van der Waals surface area contributed by atoms with E-state index in [1.54, 1.807) is 11.6 Å². The van der Waals surface area contributed by atoms with Crippen molar-refractivity contribution in [2.45, 2.75) is 13.0 Å². The first-order chi connectivity index (χ1) is 9.43. The van der Waals surface area contributed by atoms with E-state index in [-0.39, 0.29) is 5.91 Å². The Bertz CT molecular complexity index is 641. The third-order valence-electron chi connectivity index (χ3n) is 3.00. The van der Waals surface area contributed by atoms with Crippen LogP contribution in [0.3, 0.4) is 0 Å². The number of rotatable bonds is 4. The summed E-state index contributed by atoms with van der Waals surface area (Å²) in [5.74, 6) is 0.149. The number of ether oxygens (including phenoxy) is 1. The number of aryl methyl sites for hydroxylation is 1. The van der Waals surface area contributed by atoms with E-state index in [0.29, 0.717) is 5.88 Å². The summed E-state index contributed by atoms with van der Waals surface area (Å²) in [6.45, 7) is 1.66. The number of fused-ring (bicyclic) bond motifs is 1. The number of hydroxylamine groups is 2. The van der Waals surface area contributed by atoms with Crippen molar-refractivity contribution in [1.29, 1.82) is 0 Å². The van der Waals surface area contributed by atoms with Gasteiger partial charge in [0.05, 0.1) is 18.0 Å². The molecule has 1 aromatic heterocycles. The highest BCUT2D eigenvalue weighted by atomic mass is 79.9. The molecule has 108 valence electrons. The molecule has 2 rings (SSSR count). The molecule has 0 aliphatic rings. The Labute approximate surface area is 125 Å². The van der Waals surface area contributed by atoms with Crippen molar-refractivity contribution in [1.82, 2.24) is 14.8 Å². The fraction of sp³-hybridized carbons (Fsp3) is 0.385. The highest BCUT2D eigenvalue weighted by Crippen LogP contribution is 2.28. The van der Waals surface area contributed by atoms with E-state index < -0.39 is 6.10 Å². The Morgan fingerprint density at radius 1 is 1.50 bits per heavy atom. The lowest BCUT2D eigenvalue weighted by atomic mass is 10.2. The van der Waals surface area contributed by atoms with Gasteiger partial charge in [0.1, 0.15) is 0 Å². The molecule has 0 bridgehead atoms. The molecular formula is C13H16BrN3O3. The second-order valence-corrected chi connectivity index (χ2v) is 5.28. The van der Waals surface area contributed by atoms with E-state index in [4.69, 9.17) is 9.57 Å². The number of halogens is 1. The normalized spacial score (nSPS) is 12.4. The van der Waals surface area contributed by atoms with Gasteiger partial charge in [-0.3, -0.25) is 14.3 Å². The van der Waals surface area contributed by atoms with Crippen LogP contribution in [-0.4, -0.2) is 41.0 Å². The van der Waals surface area contributed by atoms with E-state index in [2.05, 4.69) is 21.0 Å². The highest BCUT2D eigenvalue weighted by molar-refractivity contribution is 9.10. The molecule has 7 heteroatoms. The van der Waals surface area contributed by atoms with Gasteiger partial charge < -0.3 is 4.74 Å². The fourth-order valence-corrected chi connectivity index (χ4v) is 2.22. The maximum atomic E-state index is 11.9.